The molecule has 1 N–H and O–H groups in total. The maximum Gasteiger partial charge on any atom is 0.203 e. The highest BCUT2D eigenvalue weighted by Crippen LogP contribution is 2.38. The molecule has 0 aliphatic rings. The number of anilines is 1. The topological polar surface area (TPSA) is 75.3 Å². The Labute approximate surface area is 205 Å². The van der Waals surface area contributed by atoms with E-state index in [1.165, 1.54) is 13.2 Å². The van der Waals surface area contributed by atoms with Gasteiger partial charge in [0.2, 0.25) is 5.75 Å². The van der Waals surface area contributed by atoms with Crippen molar-refractivity contribution in [2.75, 3.05) is 40.9 Å². The number of ether oxygens (including phenoxy) is 5. The monoisotopic (exact) mass is 475 g/mol. The van der Waals surface area contributed by atoms with Crippen molar-refractivity contribution in [1.29, 1.82) is 0 Å². The number of hydrogen-bond acceptors (Lipinski definition) is 7. The number of carbonyl (C=O) groups excluding carboxylic acids is 1. The summed E-state index contributed by atoms with van der Waals surface area (Å²) in [5, 5.41) is 3.13. The van der Waals surface area contributed by atoms with E-state index in [2.05, 4.69) is 5.32 Å². The van der Waals surface area contributed by atoms with Gasteiger partial charge < -0.3 is 29.0 Å². The van der Waals surface area contributed by atoms with Crippen molar-refractivity contribution in [2.24, 2.45) is 0 Å². The summed E-state index contributed by atoms with van der Waals surface area (Å²) in [6, 6.07) is 16.5. The number of nitrogens with one attached hydrogen (secondary N) is 1. The van der Waals surface area contributed by atoms with Gasteiger partial charge in [-0.25, -0.2) is 0 Å². The van der Waals surface area contributed by atoms with Crippen LogP contribution in [0.4, 0.5) is 5.69 Å². The maximum atomic E-state index is 12.6. The summed E-state index contributed by atoms with van der Waals surface area (Å²) in [6.07, 6.45) is 6.93. The molecule has 7 nitrogen and oxygen atoms in total. The lowest BCUT2D eigenvalue weighted by Gasteiger charge is -2.13. The highest BCUT2D eigenvalue weighted by molar-refractivity contribution is 6.06. The van der Waals surface area contributed by atoms with E-state index in [1.54, 1.807) is 52.8 Å². The molecule has 0 aliphatic heterocycles. The Morgan fingerprint density at radius 2 is 1.31 bits per heavy atom. The molecule has 0 unspecified atom stereocenters. The number of benzene rings is 3. The van der Waals surface area contributed by atoms with Gasteiger partial charge >= 0.3 is 0 Å². The summed E-state index contributed by atoms with van der Waals surface area (Å²) >= 11 is 0. The van der Waals surface area contributed by atoms with Gasteiger partial charge in [-0.05, 0) is 47.5 Å². The van der Waals surface area contributed by atoms with Crippen LogP contribution in [0.5, 0.6) is 28.7 Å². The zero-order chi connectivity index (χ0) is 25.2. The molecule has 0 saturated heterocycles. The lowest BCUT2D eigenvalue weighted by molar-refractivity contribution is 0.104. The van der Waals surface area contributed by atoms with Crippen molar-refractivity contribution in [1.82, 2.24) is 0 Å². The fraction of sp³-hybridized carbons (Fsp3) is 0.179. The van der Waals surface area contributed by atoms with Crippen molar-refractivity contribution < 1.29 is 28.5 Å². The van der Waals surface area contributed by atoms with Gasteiger partial charge in [0.05, 0.1) is 46.8 Å². The van der Waals surface area contributed by atoms with Crippen molar-refractivity contribution in [3.8, 4) is 28.7 Å². The summed E-state index contributed by atoms with van der Waals surface area (Å²) in [4.78, 5) is 12.6. The molecule has 0 heterocycles. The summed E-state index contributed by atoms with van der Waals surface area (Å²) < 4.78 is 26.9. The van der Waals surface area contributed by atoms with Crippen molar-refractivity contribution in [3.63, 3.8) is 0 Å². The molecule has 0 amide bonds. The first-order valence-electron chi connectivity index (χ1n) is 10.8. The van der Waals surface area contributed by atoms with E-state index in [9.17, 15) is 4.79 Å². The molecule has 7 heteroatoms. The molecule has 0 aliphatic carbocycles. The molecule has 3 rings (SSSR count). The number of ketones is 1. The van der Waals surface area contributed by atoms with E-state index < -0.39 is 0 Å². The third kappa shape index (κ3) is 6.14. The second kappa shape index (κ2) is 12.2. The van der Waals surface area contributed by atoms with Crippen molar-refractivity contribution in [3.05, 3.63) is 83.6 Å². The lowest BCUT2D eigenvalue weighted by atomic mass is 10.1. The third-order valence-electron chi connectivity index (χ3n) is 5.22. The summed E-state index contributed by atoms with van der Waals surface area (Å²) in [5.41, 5.74) is 3.00. The molecule has 0 bridgehead atoms. The summed E-state index contributed by atoms with van der Waals surface area (Å²) in [6.45, 7) is 0. The Bertz CT molecular complexity index is 1210. The summed E-state index contributed by atoms with van der Waals surface area (Å²) in [5.74, 6) is 2.69. The van der Waals surface area contributed by atoms with Crippen LogP contribution in [-0.4, -0.2) is 41.3 Å². The first-order chi connectivity index (χ1) is 17.0. The van der Waals surface area contributed by atoms with E-state index in [-0.39, 0.29) is 5.78 Å². The molecule has 0 aromatic heterocycles. The van der Waals surface area contributed by atoms with E-state index in [0.717, 1.165) is 11.1 Å². The predicted octanol–water partition coefficient (Wildman–Crippen LogP) is 5.71. The largest absolute Gasteiger partial charge is 0.496 e. The molecule has 3 aromatic rings. The highest BCUT2D eigenvalue weighted by atomic mass is 16.5. The third-order valence-corrected chi connectivity index (χ3v) is 5.22. The van der Waals surface area contributed by atoms with Gasteiger partial charge in [-0.2, -0.15) is 0 Å². The molecular formula is C28H29NO6. The fourth-order valence-corrected chi connectivity index (χ4v) is 3.48. The molecule has 3 aromatic carbocycles. The molecular weight excluding hydrogens is 446 g/mol. The minimum absolute atomic E-state index is 0.174. The first-order valence-corrected chi connectivity index (χ1v) is 10.8. The zero-order valence-corrected chi connectivity index (χ0v) is 20.5. The van der Waals surface area contributed by atoms with E-state index in [4.69, 9.17) is 23.7 Å². The van der Waals surface area contributed by atoms with Crippen LogP contribution in [0.2, 0.25) is 0 Å². The summed E-state index contributed by atoms with van der Waals surface area (Å²) in [7, 11) is 7.86. The molecule has 0 radical (unpaired) electrons. The van der Waals surface area contributed by atoms with Crippen LogP contribution in [-0.2, 0) is 0 Å². The highest BCUT2D eigenvalue weighted by Gasteiger charge is 2.12. The predicted molar refractivity (Wildman–Crippen MR) is 138 cm³/mol. The Morgan fingerprint density at radius 1 is 0.686 bits per heavy atom. The minimum Gasteiger partial charge on any atom is -0.496 e. The molecule has 182 valence electrons. The average molecular weight is 476 g/mol. The molecule has 0 atom stereocenters. The van der Waals surface area contributed by atoms with Gasteiger partial charge in [0.25, 0.3) is 0 Å². The number of carbonyl (C=O) groups is 1. The van der Waals surface area contributed by atoms with E-state index >= 15 is 0 Å². The van der Waals surface area contributed by atoms with Gasteiger partial charge in [0.15, 0.2) is 17.3 Å². The van der Waals surface area contributed by atoms with Gasteiger partial charge in [0, 0.05) is 12.3 Å². The number of allylic oxidation sites excluding steroid dienone is 1. The van der Waals surface area contributed by atoms with Crippen LogP contribution in [0.25, 0.3) is 12.2 Å². The molecule has 35 heavy (non-hydrogen) atoms. The second-order valence-electron chi connectivity index (χ2n) is 7.29. The van der Waals surface area contributed by atoms with Crippen LogP contribution < -0.4 is 29.0 Å². The van der Waals surface area contributed by atoms with Crippen LogP contribution in [0.1, 0.15) is 21.5 Å². The zero-order valence-electron chi connectivity index (χ0n) is 20.5. The first kappa shape index (κ1) is 25.2. The Kier molecular flexibility index (Phi) is 8.78. The van der Waals surface area contributed by atoms with Gasteiger partial charge in [-0.3, -0.25) is 4.79 Å². The van der Waals surface area contributed by atoms with Crippen LogP contribution in [0.15, 0.2) is 66.9 Å². The lowest BCUT2D eigenvalue weighted by Crippen LogP contribution is -2.00. The van der Waals surface area contributed by atoms with Crippen molar-refractivity contribution >= 4 is 23.6 Å². The SMILES string of the molecule is COc1ccc(/C=C\c2cc(OC)c(OC)c(OC)c2)cc1N/C=C\C(=O)c1ccccc1OC. The number of hydrogen-bond donors (Lipinski definition) is 1. The van der Waals surface area contributed by atoms with Crippen LogP contribution in [0, 0.1) is 0 Å². The Hall–Kier alpha value is -4.39. The number of rotatable bonds is 11. The van der Waals surface area contributed by atoms with Gasteiger partial charge in [-0.1, -0.05) is 30.4 Å². The molecule has 0 spiro atoms. The average Bonchev–Trinajstić information content (AvgIpc) is 2.91. The van der Waals surface area contributed by atoms with Crippen LogP contribution in [0.3, 0.4) is 0 Å². The smallest absolute Gasteiger partial charge is 0.203 e. The number of para-hydroxylation sites is 1. The quantitative estimate of drug-likeness (QED) is 0.216. The molecule has 0 fully saturated rings. The van der Waals surface area contributed by atoms with Crippen molar-refractivity contribution in [2.45, 2.75) is 0 Å². The van der Waals surface area contributed by atoms with Crippen LogP contribution >= 0.6 is 0 Å². The van der Waals surface area contributed by atoms with E-state index in [0.29, 0.717) is 40.0 Å². The maximum absolute atomic E-state index is 12.6. The van der Waals surface area contributed by atoms with Gasteiger partial charge in [-0.15, -0.1) is 0 Å². The standard InChI is InChI=1S/C28H29NO6/c1-31-24-9-7-6-8-21(24)23(30)14-15-29-22-16-19(12-13-25(22)32-2)10-11-20-17-26(33-3)28(35-5)27(18-20)34-4/h6-18,29H,1-5H3/b11-10-,15-14-. The van der Waals surface area contributed by atoms with Gasteiger partial charge in [0.1, 0.15) is 11.5 Å². The number of methoxy groups -OCH3 is 5. The normalized spacial score (nSPS) is 10.9. The van der Waals surface area contributed by atoms with E-state index in [1.807, 2.05) is 48.6 Å². The molecule has 0 saturated carbocycles. The minimum atomic E-state index is -0.174. The Balaban J connectivity index is 1.81. The fourth-order valence-electron chi connectivity index (χ4n) is 3.48. The Morgan fingerprint density at radius 3 is 1.94 bits per heavy atom. The second-order valence-corrected chi connectivity index (χ2v) is 7.29.